The van der Waals surface area contributed by atoms with Gasteiger partial charge in [-0.3, -0.25) is 4.79 Å². The lowest BCUT2D eigenvalue weighted by atomic mass is 9.78. The molecular formula is C16H19BN2O3. The molecular weight excluding hydrogens is 279 g/mol. The first-order valence-electron chi connectivity index (χ1n) is 7.30. The Bertz CT molecular complexity index is 662. The molecule has 5 nitrogen and oxygen atoms in total. The van der Waals surface area contributed by atoms with Crippen molar-refractivity contribution in [2.45, 2.75) is 38.9 Å². The van der Waals surface area contributed by atoms with Crippen LogP contribution in [-0.4, -0.2) is 34.1 Å². The van der Waals surface area contributed by atoms with E-state index in [1.165, 1.54) is 0 Å². The molecule has 2 aromatic rings. The number of carbonyl (C=O) groups excluding carboxylic acids is 1. The van der Waals surface area contributed by atoms with Crippen LogP contribution in [0.5, 0.6) is 0 Å². The summed E-state index contributed by atoms with van der Waals surface area (Å²) in [7, 11) is -0.419. The summed E-state index contributed by atoms with van der Waals surface area (Å²) in [4.78, 5) is 19.0. The highest BCUT2D eigenvalue weighted by molar-refractivity contribution is 6.62. The van der Waals surface area contributed by atoms with Crippen LogP contribution < -0.4 is 5.46 Å². The van der Waals surface area contributed by atoms with Gasteiger partial charge in [-0.1, -0.05) is 24.3 Å². The lowest BCUT2D eigenvalue weighted by Crippen LogP contribution is -2.41. The van der Waals surface area contributed by atoms with Gasteiger partial charge in [0.15, 0.2) is 5.82 Å². The summed E-state index contributed by atoms with van der Waals surface area (Å²) in [6, 6.07) is 7.26. The maximum atomic E-state index is 12.2. The molecule has 3 rings (SSSR count). The van der Waals surface area contributed by atoms with E-state index in [2.05, 4.69) is 9.97 Å². The van der Waals surface area contributed by atoms with Crippen LogP contribution in [0.15, 0.2) is 36.7 Å². The van der Waals surface area contributed by atoms with Crippen LogP contribution in [0.3, 0.4) is 0 Å². The van der Waals surface area contributed by atoms with E-state index >= 15 is 0 Å². The average molecular weight is 298 g/mol. The number of imidazole rings is 1. The van der Waals surface area contributed by atoms with E-state index in [1.54, 1.807) is 24.5 Å². The predicted octanol–water partition coefficient (Wildman–Crippen LogP) is 1.94. The molecule has 22 heavy (non-hydrogen) atoms. The van der Waals surface area contributed by atoms with Crippen molar-refractivity contribution in [2.75, 3.05) is 0 Å². The quantitative estimate of drug-likeness (QED) is 0.695. The number of ketones is 1. The fourth-order valence-corrected chi connectivity index (χ4v) is 2.30. The Morgan fingerprint density at radius 2 is 1.68 bits per heavy atom. The summed E-state index contributed by atoms with van der Waals surface area (Å²) < 4.78 is 12.0. The van der Waals surface area contributed by atoms with Gasteiger partial charge in [0.05, 0.1) is 11.2 Å². The van der Waals surface area contributed by atoms with Crippen LogP contribution in [0.2, 0.25) is 0 Å². The summed E-state index contributed by atoms with van der Waals surface area (Å²) in [5, 5.41) is 0. The van der Waals surface area contributed by atoms with Crippen LogP contribution in [0.1, 0.15) is 43.9 Å². The molecule has 6 heteroatoms. The van der Waals surface area contributed by atoms with E-state index in [1.807, 2.05) is 39.8 Å². The molecule has 0 bridgehead atoms. The molecule has 114 valence electrons. The van der Waals surface area contributed by atoms with Gasteiger partial charge >= 0.3 is 7.12 Å². The number of aromatic amines is 1. The molecule has 0 radical (unpaired) electrons. The van der Waals surface area contributed by atoms with Crippen molar-refractivity contribution in [3.05, 3.63) is 48.0 Å². The average Bonchev–Trinajstić information content (AvgIpc) is 3.05. The standard InChI is InChI=1S/C16H19BN2O3/c1-15(2)16(3,4)22-17(21-15)12-7-5-11(6-8-12)13(20)14-18-9-10-19-14/h5-10H,1-4H3,(H,18,19). The zero-order chi connectivity index (χ0) is 16.0. The molecule has 1 aliphatic rings. The second-order valence-electron chi connectivity index (χ2n) is 6.48. The minimum absolute atomic E-state index is 0.134. The fraction of sp³-hybridized carbons (Fsp3) is 0.375. The third-order valence-corrected chi connectivity index (χ3v) is 4.41. The van der Waals surface area contributed by atoms with Gasteiger partial charge in [-0.25, -0.2) is 4.98 Å². The van der Waals surface area contributed by atoms with Crippen molar-refractivity contribution in [1.29, 1.82) is 0 Å². The minimum atomic E-state index is -0.419. The van der Waals surface area contributed by atoms with Crippen molar-refractivity contribution in [3.63, 3.8) is 0 Å². The molecule has 1 aromatic carbocycles. The van der Waals surface area contributed by atoms with E-state index in [9.17, 15) is 4.79 Å². The summed E-state index contributed by atoms with van der Waals surface area (Å²) in [5.41, 5.74) is 0.727. The van der Waals surface area contributed by atoms with Crippen molar-refractivity contribution >= 4 is 18.4 Å². The van der Waals surface area contributed by atoms with E-state index in [0.717, 1.165) is 5.46 Å². The topological polar surface area (TPSA) is 64.2 Å². The van der Waals surface area contributed by atoms with Gasteiger partial charge in [0.1, 0.15) is 0 Å². The molecule has 0 saturated carbocycles. The highest BCUT2D eigenvalue weighted by Crippen LogP contribution is 2.36. The van der Waals surface area contributed by atoms with Crippen molar-refractivity contribution in [3.8, 4) is 0 Å². The lowest BCUT2D eigenvalue weighted by Gasteiger charge is -2.32. The smallest absolute Gasteiger partial charge is 0.399 e. The molecule has 1 fully saturated rings. The number of benzene rings is 1. The Morgan fingerprint density at radius 3 is 2.18 bits per heavy atom. The lowest BCUT2D eigenvalue weighted by molar-refractivity contribution is 0.00578. The number of nitrogens with one attached hydrogen (secondary N) is 1. The zero-order valence-electron chi connectivity index (χ0n) is 13.2. The Balaban J connectivity index is 1.80. The maximum Gasteiger partial charge on any atom is 0.494 e. The monoisotopic (exact) mass is 298 g/mol. The van der Waals surface area contributed by atoms with Crippen LogP contribution in [0.25, 0.3) is 0 Å². The van der Waals surface area contributed by atoms with Crippen LogP contribution in [0.4, 0.5) is 0 Å². The second kappa shape index (κ2) is 5.07. The predicted molar refractivity (Wildman–Crippen MR) is 84.2 cm³/mol. The maximum absolute atomic E-state index is 12.2. The van der Waals surface area contributed by atoms with Gasteiger partial charge in [-0.2, -0.15) is 0 Å². The highest BCUT2D eigenvalue weighted by atomic mass is 16.7. The number of hydrogen-bond acceptors (Lipinski definition) is 4. The molecule has 1 N–H and O–H groups in total. The summed E-state index contributed by atoms with van der Waals surface area (Å²) >= 11 is 0. The van der Waals surface area contributed by atoms with Crippen LogP contribution >= 0.6 is 0 Å². The molecule has 0 amide bonds. The largest absolute Gasteiger partial charge is 0.494 e. The van der Waals surface area contributed by atoms with Gasteiger partial charge in [0.2, 0.25) is 5.78 Å². The molecule has 1 saturated heterocycles. The molecule has 1 aromatic heterocycles. The second-order valence-corrected chi connectivity index (χ2v) is 6.48. The Labute approximate surface area is 130 Å². The fourth-order valence-electron chi connectivity index (χ4n) is 2.30. The highest BCUT2D eigenvalue weighted by Gasteiger charge is 2.51. The van der Waals surface area contributed by atoms with Crippen molar-refractivity contribution in [1.82, 2.24) is 9.97 Å². The molecule has 0 atom stereocenters. The number of carbonyl (C=O) groups is 1. The normalized spacial score (nSPS) is 19.4. The zero-order valence-corrected chi connectivity index (χ0v) is 13.2. The molecule has 0 unspecified atom stereocenters. The molecule has 0 aliphatic carbocycles. The third kappa shape index (κ3) is 2.49. The van der Waals surface area contributed by atoms with Gasteiger partial charge in [0, 0.05) is 18.0 Å². The number of hydrogen-bond donors (Lipinski definition) is 1. The first-order chi connectivity index (χ1) is 10.3. The first kappa shape index (κ1) is 15.0. The number of aromatic nitrogens is 2. The molecule has 2 heterocycles. The van der Waals surface area contributed by atoms with Gasteiger partial charge in [-0.15, -0.1) is 0 Å². The minimum Gasteiger partial charge on any atom is -0.399 e. The Morgan fingerprint density at radius 1 is 1.09 bits per heavy atom. The van der Waals surface area contributed by atoms with E-state index < -0.39 is 7.12 Å². The van der Waals surface area contributed by atoms with Gasteiger partial charge in [-0.05, 0) is 33.2 Å². The third-order valence-electron chi connectivity index (χ3n) is 4.41. The van der Waals surface area contributed by atoms with E-state index in [-0.39, 0.29) is 17.0 Å². The van der Waals surface area contributed by atoms with Crippen LogP contribution in [0, 0.1) is 0 Å². The molecule has 1 aliphatic heterocycles. The van der Waals surface area contributed by atoms with E-state index in [0.29, 0.717) is 11.4 Å². The summed E-state index contributed by atoms with van der Waals surface area (Å²) in [6.07, 6.45) is 3.19. The summed E-state index contributed by atoms with van der Waals surface area (Å²) in [5.74, 6) is 0.203. The Hall–Kier alpha value is -1.92. The first-order valence-corrected chi connectivity index (χ1v) is 7.30. The van der Waals surface area contributed by atoms with Crippen molar-refractivity contribution in [2.24, 2.45) is 0 Å². The summed E-state index contributed by atoms with van der Waals surface area (Å²) in [6.45, 7) is 8.06. The van der Waals surface area contributed by atoms with Crippen LogP contribution in [-0.2, 0) is 9.31 Å². The number of H-pyrrole nitrogens is 1. The number of nitrogens with zero attached hydrogens (tertiary/aromatic N) is 1. The molecule has 0 spiro atoms. The SMILES string of the molecule is CC1(C)OB(c2ccc(C(=O)c3ncc[nH]3)cc2)OC1(C)C. The van der Waals surface area contributed by atoms with Gasteiger partial charge < -0.3 is 14.3 Å². The van der Waals surface area contributed by atoms with E-state index in [4.69, 9.17) is 9.31 Å². The van der Waals surface area contributed by atoms with Gasteiger partial charge in [0.25, 0.3) is 0 Å². The van der Waals surface area contributed by atoms with Crippen molar-refractivity contribution < 1.29 is 14.1 Å². The number of rotatable bonds is 3. The Kier molecular flexibility index (Phi) is 3.46.